The fourth-order valence-corrected chi connectivity index (χ4v) is 3.66. The van der Waals surface area contributed by atoms with E-state index in [-0.39, 0.29) is 5.56 Å². The van der Waals surface area contributed by atoms with E-state index in [0.717, 1.165) is 30.3 Å². The molecule has 0 spiro atoms. The first-order valence-corrected chi connectivity index (χ1v) is 9.81. The van der Waals surface area contributed by atoms with Crippen LogP contribution in [0.15, 0.2) is 41.4 Å². The summed E-state index contributed by atoms with van der Waals surface area (Å²) >= 11 is 3.02. The second-order valence-electron chi connectivity index (χ2n) is 6.75. The van der Waals surface area contributed by atoms with Gasteiger partial charge in [-0.2, -0.15) is 0 Å². The maximum absolute atomic E-state index is 14.3. The van der Waals surface area contributed by atoms with Crippen molar-refractivity contribution >= 4 is 33.4 Å². The number of aliphatic hydroxyl groups excluding tert-OH is 2. The molecule has 2 aromatic rings. The molecular formula is C20H17BrF4N2O4. The van der Waals surface area contributed by atoms with E-state index in [1.165, 1.54) is 6.92 Å². The topological polar surface area (TPSA) is 82.4 Å². The Morgan fingerprint density at radius 2 is 1.84 bits per heavy atom. The zero-order valence-corrected chi connectivity index (χ0v) is 17.6. The van der Waals surface area contributed by atoms with Gasteiger partial charge in [0.1, 0.15) is 47.8 Å². The molecule has 3 atom stereocenters. The first-order valence-electron chi connectivity index (χ1n) is 9.01. The normalized spacial score (nSPS) is 22.3. The number of anilines is 1. The second-order valence-corrected chi connectivity index (χ2v) is 8.00. The van der Waals surface area contributed by atoms with Crippen LogP contribution in [0.4, 0.5) is 23.2 Å². The van der Waals surface area contributed by atoms with Crippen LogP contribution in [-0.2, 0) is 16.1 Å². The summed E-state index contributed by atoms with van der Waals surface area (Å²) in [7, 11) is 0. The van der Waals surface area contributed by atoms with Gasteiger partial charge in [-0.15, -0.1) is 0 Å². The fourth-order valence-electron chi connectivity index (χ4n) is 3.10. The monoisotopic (exact) mass is 504 g/mol. The highest BCUT2D eigenvalue weighted by atomic mass is 79.9. The standard InChI is InChI=1S/C20H17BrF4N2O4/c1-10-26-18(31-9-11-5-6-12(22)7-15(11)25)20(21,16(29)8-28)19(30)27(10)17-13(23)3-2-4-14(17)24/h2-7,10,16,28-29H,8-9H2,1H3. The Bertz CT molecular complexity index is 1020. The molecule has 3 rings (SSSR count). The van der Waals surface area contributed by atoms with Crippen LogP contribution in [-0.4, -0.2) is 45.2 Å². The molecular weight excluding hydrogens is 488 g/mol. The molecule has 2 N–H and O–H groups in total. The van der Waals surface area contributed by atoms with Crippen LogP contribution in [0, 0.1) is 23.3 Å². The first kappa shape index (κ1) is 23.2. The number of para-hydroxylation sites is 1. The van der Waals surface area contributed by atoms with Gasteiger partial charge >= 0.3 is 0 Å². The van der Waals surface area contributed by atoms with E-state index in [4.69, 9.17) is 4.74 Å². The Morgan fingerprint density at radius 3 is 2.42 bits per heavy atom. The predicted molar refractivity (Wildman–Crippen MR) is 107 cm³/mol. The molecule has 1 amide bonds. The number of benzene rings is 2. The molecule has 2 aromatic carbocycles. The Balaban J connectivity index is 2.03. The molecule has 0 aromatic heterocycles. The SMILES string of the molecule is CC1N=C(OCc2ccc(F)cc2F)C(Br)(C(O)CO)C(=O)N1c1c(F)cccc1F. The molecule has 0 saturated heterocycles. The summed E-state index contributed by atoms with van der Waals surface area (Å²) in [6.45, 7) is -0.0831. The van der Waals surface area contributed by atoms with Crippen LogP contribution < -0.4 is 4.90 Å². The van der Waals surface area contributed by atoms with Crippen molar-refractivity contribution in [3.05, 3.63) is 65.2 Å². The average molecular weight is 505 g/mol. The number of carbonyl (C=O) groups is 1. The summed E-state index contributed by atoms with van der Waals surface area (Å²) in [5, 5.41) is 19.8. The van der Waals surface area contributed by atoms with Gasteiger partial charge in [0.15, 0.2) is 0 Å². The van der Waals surface area contributed by atoms with E-state index in [9.17, 15) is 32.6 Å². The maximum Gasteiger partial charge on any atom is 0.258 e. The van der Waals surface area contributed by atoms with Crippen LogP contribution in [0.3, 0.4) is 0 Å². The minimum Gasteiger partial charge on any atom is -0.474 e. The molecule has 11 heteroatoms. The average Bonchev–Trinajstić information content (AvgIpc) is 2.72. The van der Waals surface area contributed by atoms with Crippen molar-refractivity contribution in [2.45, 2.75) is 30.1 Å². The van der Waals surface area contributed by atoms with E-state index in [2.05, 4.69) is 20.9 Å². The number of nitrogens with zero attached hydrogens (tertiary/aromatic N) is 2. The van der Waals surface area contributed by atoms with E-state index < -0.39 is 70.6 Å². The largest absolute Gasteiger partial charge is 0.474 e. The van der Waals surface area contributed by atoms with Crippen LogP contribution >= 0.6 is 15.9 Å². The highest BCUT2D eigenvalue weighted by Crippen LogP contribution is 2.38. The van der Waals surface area contributed by atoms with Crippen molar-refractivity contribution < 1.29 is 37.3 Å². The molecule has 0 saturated carbocycles. The Hall–Kier alpha value is -2.50. The number of rotatable bonds is 5. The minimum absolute atomic E-state index is 0.0693. The van der Waals surface area contributed by atoms with Crippen molar-refractivity contribution in [3.8, 4) is 0 Å². The third-order valence-electron chi connectivity index (χ3n) is 4.71. The van der Waals surface area contributed by atoms with Gasteiger partial charge in [0.25, 0.3) is 5.91 Å². The lowest BCUT2D eigenvalue weighted by molar-refractivity contribution is -0.123. The molecule has 0 bridgehead atoms. The van der Waals surface area contributed by atoms with Gasteiger partial charge in [0.2, 0.25) is 10.2 Å². The smallest absolute Gasteiger partial charge is 0.258 e. The van der Waals surface area contributed by atoms with Gasteiger partial charge in [-0.25, -0.2) is 22.6 Å². The number of amides is 1. The Labute approximate surface area is 182 Å². The number of aliphatic imine (C=N–C) groups is 1. The highest BCUT2D eigenvalue weighted by Gasteiger charge is 2.56. The molecule has 0 radical (unpaired) electrons. The number of alkyl halides is 1. The number of ether oxygens (including phenoxy) is 1. The fraction of sp³-hybridized carbons (Fsp3) is 0.300. The molecule has 166 valence electrons. The summed E-state index contributed by atoms with van der Waals surface area (Å²) in [6.07, 6.45) is -3.01. The number of aliphatic hydroxyl groups is 2. The van der Waals surface area contributed by atoms with Crippen LogP contribution in [0.25, 0.3) is 0 Å². The van der Waals surface area contributed by atoms with Crippen molar-refractivity contribution in [2.24, 2.45) is 4.99 Å². The van der Waals surface area contributed by atoms with E-state index >= 15 is 0 Å². The Morgan fingerprint density at radius 1 is 1.19 bits per heavy atom. The molecule has 31 heavy (non-hydrogen) atoms. The number of hydrogen-bond acceptors (Lipinski definition) is 5. The highest BCUT2D eigenvalue weighted by molar-refractivity contribution is 9.10. The van der Waals surface area contributed by atoms with Crippen molar-refractivity contribution in [1.29, 1.82) is 0 Å². The number of hydrogen-bond donors (Lipinski definition) is 2. The summed E-state index contributed by atoms with van der Waals surface area (Å²) < 4.78 is 59.0. The molecule has 0 fully saturated rings. The van der Waals surface area contributed by atoms with Gasteiger partial charge in [-0.3, -0.25) is 9.69 Å². The lowest BCUT2D eigenvalue weighted by atomic mass is 9.97. The van der Waals surface area contributed by atoms with Crippen molar-refractivity contribution in [1.82, 2.24) is 0 Å². The van der Waals surface area contributed by atoms with Gasteiger partial charge in [-0.05, 0) is 31.2 Å². The van der Waals surface area contributed by atoms with E-state index in [0.29, 0.717) is 11.0 Å². The lowest BCUT2D eigenvalue weighted by Gasteiger charge is -2.41. The van der Waals surface area contributed by atoms with Crippen molar-refractivity contribution in [3.63, 3.8) is 0 Å². The molecule has 0 aliphatic carbocycles. The predicted octanol–water partition coefficient (Wildman–Crippen LogP) is 3.04. The third-order valence-corrected chi connectivity index (χ3v) is 5.92. The van der Waals surface area contributed by atoms with Crippen LogP contribution in [0.5, 0.6) is 0 Å². The molecule has 3 unspecified atom stereocenters. The van der Waals surface area contributed by atoms with Crippen molar-refractivity contribution in [2.75, 3.05) is 11.5 Å². The summed E-state index contributed by atoms with van der Waals surface area (Å²) in [5.74, 6) is -5.29. The Kier molecular flexibility index (Phi) is 6.68. The van der Waals surface area contributed by atoms with Gasteiger partial charge in [0, 0.05) is 11.6 Å². The molecule has 1 aliphatic heterocycles. The summed E-state index contributed by atoms with van der Waals surface area (Å²) in [6, 6.07) is 5.78. The third kappa shape index (κ3) is 4.17. The van der Waals surface area contributed by atoms with Gasteiger partial charge in [-0.1, -0.05) is 22.0 Å². The minimum atomic E-state index is -2.22. The second kappa shape index (κ2) is 8.93. The van der Waals surface area contributed by atoms with E-state index in [1.807, 2.05) is 0 Å². The van der Waals surface area contributed by atoms with Crippen LogP contribution in [0.2, 0.25) is 0 Å². The molecule has 6 nitrogen and oxygen atoms in total. The number of halogens is 5. The molecule has 1 heterocycles. The zero-order valence-electron chi connectivity index (χ0n) is 16.0. The summed E-state index contributed by atoms with van der Waals surface area (Å²) in [4.78, 5) is 18.1. The van der Waals surface area contributed by atoms with Gasteiger partial charge in [0.05, 0.1) is 6.61 Å². The first-order chi connectivity index (χ1) is 14.6. The molecule has 1 aliphatic rings. The lowest BCUT2D eigenvalue weighted by Crippen LogP contribution is -2.64. The quantitative estimate of drug-likeness (QED) is 0.484. The van der Waals surface area contributed by atoms with Gasteiger partial charge < -0.3 is 14.9 Å². The van der Waals surface area contributed by atoms with E-state index in [1.54, 1.807) is 0 Å². The maximum atomic E-state index is 14.3. The number of carbonyl (C=O) groups excluding carboxylic acids is 1. The summed E-state index contributed by atoms with van der Waals surface area (Å²) in [5.41, 5.74) is -0.763. The van der Waals surface area contributed by atoms with Crippen LogP contribution in [0.1, 0.15) is 12.5 Å². The zero-order chi connectivity index (χ0) is 22.9.